The van der Waals surface area contributed by atoms with Crippen LogP contribution in [-0.2, 0) is 4.74 Å². The lowest BCUT2D eigenvalue weighted by molar-refractivity contribution is -0.0329. The first kappa shape index (κ1) is 18.6. The van der Waals surface area contributed by atoms with Gasteiger partial charge in [0, 0.05) is 18.3 Å². The van der Waals surface area contributed by atoms with Crippen molar-refractivity contribution in [3.05, 3.63) is 24.3 Å². The molecule has 1 fully saturated rings. The van der Waals surface area contributed by atoms with Crippen molar-refractivity contribution in [2.45, 2.75) is 58.6 Å². The molecular weight excluding hydrogens is 304 g/mol. The molecule has 1 aliphatic heterocycles. The topological polar surface area (TPSA) is 59.6 Å². The average Bonchev–Trinajstić information content (AvgIpc) is 2.58. The minimum absolute atomic E-state index is 0.158. The maximum absolute atomic E-state index is 12.2. The van der Waals surface area contributed by atoms with Crippen LogP contribution in [-0.4, -0.2) is 31.4 Å². The van der Waals surface area contributed by atoms with Gasteiger partial charge >= 0.3 is 6.03 Å². The maximum Gasteiger partial charge on any atom is 0.319 e. The molecule has 134 valence electrons. The number of hydrogen-bond acceptors (Lipinski definition) is 3. The highest BCUT2D eigenvalue weighted by Crippen LogP contribution is 2.25. The summed E-state index contributed by atoms with van der Waals surface area (Å²) in [4.78, 5) is 12.2. The third kappa shape index (κ3) is 5.41. The molecule has 0 unspecified atom stereocenters. The largest absolute Gasteiger partial charge is 0.494 e. The molecule has 24 heavy (non-hydrogen) atoms. The fraction of sp³-hybridized carbons (Fsp3) is 0.632. The second-order valence-corrected chi connectivity index (χ2v) is 6.26. The predicted molar refractivity (Wildman–Crippen MR) is 96.6 cm³/mol. The van der Waals surface area contributed by atoms with Crippen LogP contribution < -0.4 is 15.4 Å². The first-order chi connectivity index (χ1) is 11.7. The highest BCUT2D eigenvalue weighted by molar-refractivity contribution is 5.89. The molecule has 5 heteroatoms. The SMILES string of the molecule is CCOc1ccc(NC(=O)N[C@H]2CCO[C@@H](C(CC)CC)C2)cc1. The molecule has 1 aromatic rings. The molecule has 0 aromatic heterocycles. The summed E-state index contributed by atoms with van der Waals surface area (Å²) in [5.41, 5.74) is 0.763. The Kier molecular flexibility index (Phi) is 7.37. The number of hydrogen-bond donors (Lipinski definition) is 2. The monoisotopic (exact) mass is 334 g/mol. The summed E-state index contributed by atoms with van der Waals surface area (Å²) >= 11 is 0. The van der Waals surface area contributed by atoms with Gasteiger partial charge in [-0.15, -0.1) is 0 Å². The van der Waals surface area contributed by atoms with Gasteiger partial charge in [-0.2, -0.15) is 0 Å². The molecule has 2 rings (SSSR count). The molecule has 5 nitrogen and oxygen atoms in total. The Bertz CT molecular complexity index is 500. The van der Waals surface area contributed by atoms with Gasteiger partial charge in [0.2, 0.25) is 0 Å². The number of carbonyl (C=O) groups excluding carboxylic acids is 1. The number of carbonyl (C=O) groups is 1. The van der Waals surface area contributed by atoms with Crippen LogP contribution in [0, 0.1) is 5.92 Å². The molecule has 2 amide bonds. The van der Waals surface area contributed by atoms with E-state index in [2.05, 4.69) is 24.5 Å². The first-order valence-electron chi connectivity index (χ1n) is 9.08. The average molecular weight is 334 g/mol. The van der Waals surface area contributed by atoms with Crippen LogP contribution in [0.25, 0.3) is 0 Å². The van der Waals surface area contributed by atoms with Crippen molar-refractivity contribution in [3.8, 4) is 5.75 Å². The van der Waals surface area contributed by atoms with Crippen molar-refractivity contribution in [3.63, 3.8) is 0 Å². The van der Waals surface area contributed by atoms with Gasteiger partial charge in [-0.05, 0) is 49.9 Å². The molecule has 1 aliphatic rings. The van der Waals surface area contributed by atoms with Gasteiger partial charge in [-0.3, -0.25) is 0 Å². The number of anilines is 1. The molecule has 1 heterocycles. The lowest BCUT2D eigenvalue weighted by atomic mass is 9.89. The van der Waals surface area contributed by atoms with E-state index >= 15 is 0 Å². The van der Waals surface area contributed by atoms with Crippen molar-refractivity contribution in [2.24, 2.45) is 5.92 Å². The van der Waals surface area contributed by atoms with E-state index < -0.39 is 0 Å². The van der Waals surface area contributed by atoms with E-state index in [1.54, 1.807) is 0 Å². The van der Waals surface area contributed by atoms with E-state index in [0.717, 1.165) is 43.7 Å². The van der Waals surface area contributed by atoms with Gasteiger partial charge in [0.1, 0.15) is 5.75 Å². The van der Waals surface area contributed by atoms with Crippen molar-refractivity contribution in [2.75, 3.05) is 18.5 Å². The third-order valence-electron chi connectivity index (χ3n) is 4.65. The van der Waals surface area contributed by atoms with Crippen LogP contribution in [0.4, 0.5) is 10.5 Å². The van der Waals surface area contributed by atoms with Crippen LogP contribution in [0.3, 0.4) is 0 Å². The van der Waals surface area contributed by atoms with Gasteiger partial charge in [0.15, 0.2) is 0 Å². The van der Waals surface area contributed by atoms with E-state index in [-0.39, 0.29) is 18.2 Å². The number of benzene rings is 1. The number of amides is 2. The standard InChI is InChI=1S/C19H30N2O3/c1-4-14(5-2)18-13-16(11-12-24-18)21-19(22)20-15-7-9-17(10-8-15)23-6-3/h7-10,14,16,18H,4-6,11-13H2,1-3H3,(H2,20,21,22)/t16-,18+/m0/s1. The highest BCUT2D eigenvalue weighted by atomic mass is 16.5. The second-order valence-electron chi connectivity index (χ2n) is 6.26. The van der Waals surface area contributed by atoms with Gasteiger partial charge in [0.05, 0.1) is 12.7 Å². The molecule has 0 aliphatic carbocycles. The molecule has 1 aromatic carbocycles. The first-order valence-corrected chi connectivity index (χ1v) is 9.08. The van der Waals surface area contributed by atoms with Gasteiger partial charge in [0.25, 0.3) is 0 Å². The van der Waals surface area contributed by atoms with Gasteiger partial charge < -0.3 is 20.1 Å². The van der Waals surface area contributed by atoms with Crippen LogP contribution in [0.5, 0.6) is 5.75 Å². The van der Waals surface area contributed by atoms with E-state index in [9.17, 15) is 4.79 Å². The zero-order valence-corrected chi connectivity index (χ0v) is 15.0. The lowest BCUT2D eigenvalue weighted by Crippen LogP contribution is -2.45. The minimum Gasteiger partial charge on any atom is -0.494 e. The van der Waals surface area contributed by atoms with E-state index in [1.165, 1.54) is 0 Å². The van der Waals surface area contributed by atoms with Crippen molar-refractivity contribution in [1.82, 2.24) is 5.32 Å². The smallest absolute Gasteiger partial charge is 0.319 e. The summed E-state index contributed by atoms with van der Waals surface area (Å²) in [6.45, 7) is 7.70. The summed E-state index contributed by atoms with van der Waals surface area (Å²) in [6.07, 6.45) is 4.25. The normalized spacial score (nSPS) is 20.7. The number of nitrogens with one attached hydrogen (secondary N) is 2. The van der Waals surface area contributed by atoms with E-state index in [0.29, 0.717) is 12.5 Å². The highest BCUT2D eigenvalue weighted by Gasteiger charge is 2.28. The molecule has 0 bridgehead atoms. The summed E-state index contributed by atoms with van der Waals surface area (Å²) < 4.78 is 11.3. The van der Waals surface area contributed by atoms with Crippen LogP contribution in [0.2, 0.25) is 0 Å². The summed E-state index contributed by atoms with van der Waals surface area (Å²) in [6, 6.07) is 7.43. The molecule has 2 atom stereocenters. The Labute approximate surface area is 145 Å². The third-order valence-corrected chi connectivity index (χ3v) is 4.65. The number of urea groups is 1. The molecule has 0 spiro atoms. The molecular formula is C19H30N2O3. The predicted octanol–water partition coefficient (Wildman–Crippen LogP) is 4.19. The number of rotatable bonds is 7. The fourth-order valence-electron chi connectivity index (χ4n) is 3.26. The Morgan fingerprint density at radius 2 is 1.96 bits per heavy atom. The lowest BCUT2D eigenvalue weighted by Gasteiger charge is -2.34. The van der Waals surface area contributed by atoms with E-state index in [4.69, 9.17) is 9.47 Å². The fourth-order valence-corrected chi connectivity index (χ4v) is 3.26. The summed E-state index contributed by atoms with van der Waals surface area (Å²) in [5, 5.41) is 5.96. The van der Waals surface area contributed by atoms with Gasteiger partial charge in [-0.25, -0.2) is 4.79 Å². The van der Waals surface area contributed by atoms with Crippen molar-refractivity contribution in [1.29, 1.82) is 0 Å². The number of ether oxygens (including phenoxy) is 2. The van der Waals surface area contributed by atoms with Crippen molar-refractivity contribution < 1.29 is 14.3 Å². The molecule has 0 saturated carbocycles. The molecule has 1 saturated heterocycles. The Morgan fingerprint density at radius 3 is 2.58 bits per heavy atom. The van der Waals surface area contributed by atoms with Crippen LogP contribution in [0.15, 0.2) is 24.3 Å². The maximum atomic E-state index is 12.2. The zero-order valence-electron chi connectivity index (χ0n) is 15.0. The zero-order chi connectivity index (χ0) is 17.4. The summed E-state index contributed by atoms with van der Waals surface area (Å²) in [7, 11) is 0. The Morgan fingerprint density at radius 1 is 1.25 bits per heavy atom. The van der Waals surface area contributed by atoms with Gasteiger partial charge in [-0.1, -0.05) is 26.7 Å². The van der Waals surface area contributed by atoms with Crippen LogP contribution in [0.1, 0.15) is 46.5 Å². The molecule has 0 radical (unpaired) electrons. The Hall–Kier alpha value is -1.75. The molecule has 2 N–H and O–H groups in total. The van der Waals surface area contributed by atoms with Crippen LogP contribution >= 0.6 is 0 Å². The quantitative estimate of drug-likeness (QED) is 0.786. The Balaban J connectivity index is 1.83. The summed E-state index contributed by atoms with van der Waals surface area (Å²) in [5.74, 6) is 1.38. The second kappa shape index (κ2) is 9.52. The van der Waals surface area contributed by atoms with Crippen molar-refractivity contribution >= 4 is 11.7 Å². The minimum atomic E-state index is -0.158. The van der Waals surface area contributed by atoms with E-state index in [1.807, 2.05) is 31.2 Å².